The summed E-state index contributed by atoms with van der Waals surface area (Å²) < 4.78 is 30.2. The highest BCUT2D eigenvalue weighted by Gasteiger charge is 2.27. The SMILES string of the molecule is Cn1cc(NC(=O)[C@H](Cc2ccccc2)NS(=O)(=O)c2ccc3ccccc3c2)nn1. The molecule has 31 heavy (non-hydrogen) atoms. The van der Waals surface area contributed by atoms with Gasteiger partial charge < -0.3 is 5.32 Å². The Balaban J connectivity index is 1.62. The van der Waals surface area contributed by atoms with E-state index in [9.17, 15) is 13.2 Å². The number of hydrogen-bond acceptors (Lipinski definition) is 5. The van der Waals surface area contributed by atoms with Gasteiger partial charge in [0.25, 0.3) is 0 Å². The summed E-state index contributed by atoms with van der Waals surface area (Å²) in [6, 6.07) is 20.5. The Labute approximate surface area is 180 Å². The predicted octanol–water partition coefficient (Wildman–Crippen LogP) is 2.50. The second-order valence-electron chi connectivity index (χ2n) is 7.14. The average Bonchev–Trinajstić information content (AvgIpc) is 3.18. The molecule has 8 nitrogen and oxygen atoms in total. The number of rotatable bonds is 7. The number of nitrogens with zero attached hydrogens (tertiary/aromatic N) is 3. The van der Waals surface area contributed by atoms with Gasteiger partial charge in [0, 0.05) is 7.05 Å². The van der Waals surface area contributed by atoms with Crippen molar-refractivity contribution in [2.24, 2.45) is 7.05 Å². The van der Waals surface area contributed by atoms with Crippen molar-refractivity contribution >= 4 is 32.5 Å². The third kappa shape index (κ3) is 4.96. The normalized spacial score (nSPS) is 12.5. The topological polar surface area (TPSA) is 106 Å². The zero-order valence-corrected chi connectivity index (χ0v) is 17.6. The fourth-order valence-electron chi connectivity index (χ4n) is 3.25. The summed E-state index contributed by atoms with van der Waals surface area (Å²) in [6.07, 6.45) is 1.72. The van der Waals surface area contributed by atoms with Crippen LogP contribution in [0.3, 0.4) is 0 Å². The molecule has 1 amide bonds. The lowest BCUT2D eigenvalue weighted by atomic mass is 10.1. The number of fused-ring (bicyclic) bond motifs is 1. The second kappa shape index (κ2) is 8.66. The van der Waals surface area contributed by atoms with Gasteiger partial charge in [0.1, 0.15) is 6.04 Å². The van der Waals surface area contributed by atoms with Gasteiger partial charge in [0.2, 0.25) is 15.9 Å². The molecule has 9 heteroatoms. The van der Waals surface area contributed by atoms with Gasteiger partial charge in [-0.25, -0.2) is 8.42 Å². The molecule has 0 saturated carbocycles. The van der Waals surface area contributed by atoms with Crippen LogP contribution in [0, 0.1) is 0 Å². The Morgan fingerprint density at radius 1 is 1.00 bits per heavy atom. The molecule has 158 valence electrons. The van der Waals surface area contributed by atoms with Crippen LogP contribution in [0.1, 0.15) is 5.56 Å². The lowest BCUT2D eigenvalue weighted by Gasteiger charge is -2.18. The number of nitrogens with one attached hydrogen (secondary N) is 2. The third-order valence-corrected chi connectivity index (χ3v) is 6.25. The summed E-state index contributed by atoms with van der Waals surface area (Å²) in [5.41, 5.74) is 0.822. The number of sulfonamides is 1. The molecule has 1 aromatic heterocycles. The zero-order valence-electron chi connectivity index (χ0n) is 16.8. The van der Waals surface area contributed by atoms with Crippen molar-refractivity contribution in [1.29, 1.82) is 0 Å². The minimum atomic E-state index is -3.96. The van der Waals surface area contributed by atoms with E-state index >= 15 is 0 Å². The molecule has 2 N–H and O–H groups in total. The summed E-state index contributed by atoms with van der Waals surface area (Å²) in [6.45, 7) is 0. The molecular formula is C22H21N5O3S. The number of anilines is 1. The van der Waals surface area contributed by atoms with E-state index in [4.69, 9.17) is 0 Å². The van der Waals surface area contributed by atoms with E-state index in [1.54, 1.807) is 19.2 Å². The van der Waals surface area contributed by atoms with E-state index in [-0.39, 0.29) is 17.1 Å². The molecule has 0 saturated heterocycles. The summed E-state index contributed by atoms with van der Waals surface area (Å²) >= 11 is 0. The van der Waals surface area contributed by atoms with Crippen LogP contribution in [0.5, 0.6) is 0 Å². The quantitative estimate of drug-likeness (QED) is 0.464. The van der Waals surface area contributed by atoms with E-state index in [1.807, 2.05) is 54.6 Å². The van der Waals surface area contributed by atoms with E-state index in [1.165, 1.54) is 16.9 Å². The van der Waals surface area contributed by atoms with Crippen molar-refractivity contribution in [3.63, 3.8) is 0 Å². The highest BCUT2D eigenvalue weighted by atomic mass is 32.2. The van der Waals surface area contributed by atoms with Gasteiger partial charge in [-0.05, 0) is 34.9 Å². The molecule has 3 aromatic carbocycles. The minimum absolute atomic E-state index is 0.0940. The number of benzene rings is 3. The minimum Gasteiger partial charge on any atom is -0.306 e. The van der Waals surface area contributed by atoms with Gasteiger partial charge in [-0.15, -0.1) is 5.10 Å². The van der Waals surface area contributed by atoms with Gasteiger partial charge in [-0.3, -0.25) is 9.48 Å². The van der Waals surface area contributed by atoms with Crippen LogP contribution in [0.25, 0.3) is 10.8 Å². The van der Waals surface area contributed by atoms with Gasteiger partial charge in [0.05, 0.1) is 11.1 Å². The number of hydrogen-bond donors (Lipinski definition) is 2. The molecular weight excluding hydrogens is 414 g/mol. The molecule has 0 aliphatic rings. The molecule has 0 aliphatic carbocycles. The van der Waals surface area contributed by atoms with Crippen molar-refractivity contribution < 1.29 is 13.2 Å². The molecule has 4 rings (SSSR count). The summed E-state index contributed by atoms with van der Waals surface area (Å²) in [7, 11) is -2.28. The van der Waals surface area contributed by atoms with E-state index in [0.717, 1.165) is 16.3 Å². The maximum absolute atomic E-state index is 13.1. The molecule has 0 unspecified atom stereocenters. The smallest absolute Gasteiger partial charge is 0.244 e. The Morgan fingerprint density at radius 3 is 2.42 bits per heavy atom. The maximum Gasteiger partial charge on any atom is 0.244 e. The summed E-state index contributed by atoms with van der Waals surface area (Å²) in [5, 5.41) is 12.0. The first-order chi connectivity index (χ1) is 14.9. The first kappa shape index (κ1) is 20.7. The van der Waals surface area contributed by atoms with Crippen LogP contribution < -0.4 is 10.0 Å². The molecule has 1 atom stereocenters. The Kier molecular flexibility index (Phi) is 5.79. The third-order valence-electron chi connectivity index (χ3n) is 4.78. The van der Waals surface area contributed by atoms with Crippen molar-refractivity contribution in [1.82, 2.24) is 19.7 Å². The van der Waals surface area contributed by atoms with E-state index < -0.39 is 22.0 Å². The van der Waals surface area contributed by atoms with Crippen LogP contribution in [0.4, 0.5) is 5.82 Å². The zero-order chi connectivity index (χ0) is 21.8. The van der Waals surface area contributed by atoms with Crippen LogP contribution in [-0.2, 0) is 28.3 Å². The second-order valence-corrected chi connectivity index (χ2v) is 8.85. The highest BCUT2D eigenvalue weighted by Crippen LogP contribution is 2.19. The van der Waals surface area contributed by atoms with Gasteiger partial charge in [0.15, 0.2) is 5.82 Å². The first-order valence-electron chi connectivity index (χ1n) is 9.63. The van der Waals surface area contributed by atoms with Crippen LogP contribution in [-0.4, -0.2) is 35.4 Å². The fourth-order valence-corrected chi connectivity index (χ4v) is 4.48. The van der Waals surface area contributed by atoms with Crippen LogP contribution >= 0.6 is 0 Å². The van der Waals surface area contributed by atoms with Gasteiger partial charge in [-0.1, -0.05) is 65.9 Å². The van der Waals surface area contributed by atoms with Crippen molar-refractivity contribution in [3.8, 4) is 0 Å². The number of aryl methyl sites for hydroxylation is 1. The molecule has 0 spiro atoms. The van der Waals surface area contributed by atoms with E-state index in [0.29, 0.717) is 0 Å². The Bertz CT molecular complexity index is 1320. The lowest BCUT2D eigenvalue weighted by Crippen LogP contribution is -2.45. The lowest BCUT2D eigenvalue weighted by molar-refractivity contribution is -0.117. The van der Waals surface area contributed by atoms with E-state index in [2.05, 4.69) is 20.4 Å². The molecule has 0 bridgehead atoms. The number of carbonyl (C=O) groups excluding carboxylic acids is 1. The molecule has 1 heterocycles. The fraction of sp³-hybridized carbons (Fsp3) is 0.136. The number of carbonyl (C=O) groups is 1. The van der Waals surface area contributed by atoms with Crippen LogP contribution in [0.2, 0.25) is 0 Å². The van der Waals surface area contributed by atoms with Crippen LogP contribution in [0.15, 0.2) is 83.9 Å². The van der Waals surface area contributed by atoms with Crippen molar-refractivity contribution in [3.05, 3.63) is 84.6 Å². The van der Waals surface area contributed by atoms with Crippen molar-refractivity contribution in [2.75, 3.05) is 5.32 Å². The molecule has 0 radical (unpaired) electrons. The van der Waals surface area contributed by atoms with Crippen molar-refractivity contribution in [2.45, 2.75) is 17.4 Å². The molecule has 4 aromatic rings. The summed E-state index contributed by atoms with van der Waals surface area (Å²) in [5.74, 6) is -0.274. The Morgan fingerprint density at radius 2 is 1.71 bits per heavy atom. The Hall–Kier alpha value is -3.56. The number of amides is 1. The summed E-state index contributed by atoms with van der Waals surface area (Å²) in [4.78, 5) is 13.0. The first-order valence-corrected chi connectivity index (χ1v) is 11.1. The monoisotopic (exact) mass is 435 g/mol. The largest absolute Gasteiger partial charge is 0.306 e. The van der Waals surface area contributed by atoms with Gasteiger partial charge in [-0.2, -0.15) is 4.72 Å². The predicted molar refractivity (Wildman–Crippen MR) is 118 cm³/mol. The standard InChI is InChI=1S/C22H21N5O3S/c1-27-15-21(24-26-27)23-22(28)20(13-16-7-3-2-4-8-16)25-31(29,30)19-12-11-17-9-5-6-10-18(17)14-19/h2-12,14-15,20,25H,13H2,1H3,(H,23,28)/t20-/m0/s1. The molecule has 0 fully saturated rings. The number of aromatic nitrogens is 3. The average molecular weight is 436 g/mol. The highest BCUT2D eigenvalue weighted by molar-refractivity contribution is 7.89. The maximum atomic E-state index is 13.1. The molecule has 0 aliphatic heterocycles. The van der Waals surface area contributed by atoms with Gasteiger partial charge >= 0.3 is 0 Å².